The number of phenolic OH excluding ortho intramolecular Hbond substituents is 1. The maximum absolute atomic E-state index is 12.9. The van der Waals surface area contributed by atoms with Gasteiger partial charge in [0.25, 0.3) is 0 Å². The molecule has 0 spiro atoms. The second kappa shape index (κ2) is 4.68. The fourth-order valence-electron chi connectivity index (χ4n) is 2.28. The van der Waals surface area contributed by atoms with Crippen molar-refractivity contribution in [1.82, 2.24) is 0 Å². The number of benzene rings is 1. The molecule has 1 saturated heterocycles. The first-order chi connectivity index (χ1) is 8.43. The van der Waals surface area contributed by atoms with Crippen LogP contribution in [-0.2, 0) is 6.18 Å². The van der Waals surface area contributed by atoms with Gasteiger partial charge in [0.1, 0.15) is 11.3 Å². The highest BCUT2D eigenvalue weighted by atomic mass is 19.4. The highest BCUT2D eigenvalue weighted by molar-refractivity contribution is 5.61. The number of aliphatic hydroxyl groups is 1. The fraction of sp³-hybridized carbons (Fsp3) is 0.500. The van der Waals surface area contributed by atoms with Gasteiger partial charge in [-0.1, -0.05) is 6.07 Å². The number of alkyl halides is 3. The quantitative estimate of drug-likeness (QED) is 0.858. The third-order valence-corrected chi connectivity index (χ3v) is 3.19. The minimum Gasteiger partial charge on any atom is -0.507 e. The van der Waals surface area contributed by atoms with Crippen molar-refractivity contribution in [3.63, 3.8) is 0 Å². The second-order valence-electron chi connectivity index (χ2n) is 4.45. The molecule has 0 radical (unpaired) electrons. The Morgan fingerprint density at radius 2 is 2.06 bits per heavy atom. The SMILES string of the molecule is OCC1CCN(c2cccc(O)c2C(F)(F)F)C1. The summed E-state index contributed by atoms with van der Waals surface area (Å²) in [5.74, 6) is -0.763. The number of aromatic hydroxyl groups is 1. The van der Waals surface area contributed by atoms with Gasteiger partial charge in [0.05, 0.1) is 5.69 Å². The lowest BCUT2D eigenvalue weighted by Gasteiger charge is -2.23. The topological polar surface area (TPSA) is 43.7 Å². The Kier molecular flexibility index (Phi) is 3.38. The van der Waals surface area contributed by atoms with Gasteiger partial charge in [-0.2, -0.15) is 13.2 Å². The molecule has 1 fully saturated rings. The van der Waals surface area contributed by atoms with Gasteiger partial charge in [0.2, 0.25) is 0 Å². The van der Waals surface area contributed by atoms with Crippen LogP contribution in [0, 0.1) is 5.92 Å². The Balaban J connectivity index is 2.37. The molecule has 3 nitrogen and oxygen atoms in total. The van der Waals surface area contributed by atoms with Crippen LogP contribution in [0.5, 0.6) is 5.75 Å². The summed E-state index contributed by atoms with van der Waals surface area (Å²) >= 11 is 0. The van der Waals surface area contributed by atoms with Crippen LogP contribution in [0.3, 0.4) is 0 Å². The highest BCUT2D eigenvalue weighted by Gasteiger charge is 2.39. The van der Waals surface area contributed by atoms with Gasteiger partial charge >= 0.3 is 6.18 Å². The Hall–Kier alpha value is -1.43. The van der Waals surface area contributed by atoms with E-state index in [-0.39, 0.29) is 18.2 Å². The van der Waals surface area contributed by atoms with E-state index in [9.17, 15) is 18.3 Å². The number of hydrogen-bond acceptors (Lipinski definition) is 3. The van der Waals surface area contributed by atoms with E-state index in [0.29, 0.717) is 19.5 Å². The van der Waals surface area contributed by atoms with E-state index in [1.807, 2.05) is 0 Å². The van der Waals surface area contributed by atoms with Crippen LogP contribution in [0.4, 0.5) is 18.9 Å². The summed E-state index contributed by atoms with van der Waals surface area (Å²) in [6, 6.07) is 3.78. The minimum atomic E-state index is -4.59. The van der Waals surface area contributed by atoms with Gasteiger partial charge in [0.15, 0.2) is 0 Å². The van der Waals surface area contributed by atoms with Gasteiger partial charge in [-0.05, 0) is 18.6 Å². The van der Waals surface area contributed by atoms with Crippen molar-refractivity contribution in [3.8, 4) is 5.75 Å². The summed E-state index contributed by atoms with van der Waals surface area (Å²) in [6.07, 6.45) is -3.93. The average Bonchev–Trinajstić information content (AvgIpc) is 2.75. The summed E-state index contributed by atoms with van der Waals surface area (Å²) in [5.41, 5.74) is -1.01. The van der Waals surface area contributed by atoms with Crippen molar-refractivity contribution < 1.29 is 23.4 Å². The van der Waals surface area contributed by atoms with Crippen molar-refractivity contribution >= 4 is 5.69 Å². The Morgan fingerprint density at radius 1 is 1.33 bits per heavy atom. The molecule has 18 heavy (non-hydrogen) atoms. The first-order valence-electron chi connectivity index (χ1n) is 5.68. The van der Waals surface area contributed by atoms with Crippen LogP contribution in [-0.4, -0.2) is 29.9 Å². The van der Waals surface area contributed by atoms with Crippen LogP contribution >= 0.6 is 0 Å². The van der Waals surface area contributed by atoms with Crippen molar-refractivity contribution in [3.05, 3.63) is 23.8 Å². The predicted molar refractivity (Wildman–Crippen MR) is 60.5 cm³/mol. The summed E-state index contributed by atoms with van der Waals surface area (Å²) in [7, 11) is 0. The number of nitrogens with zero attached hydrogens (tertiary/aromatic N) is 1. The van der Waals surface area contributed by atoms with Crippen molar-refractivity contribution in [2.24, 2.45) is 5.92 Å². The van der Waals surface area contributed by atoms with E-state index >= 15 is 0 Å². The lowest BCUT2D eigenvalue weighted by Crippen LogP contribution is -2.24. The number of aliphatic hydroxyl groups excluding tert-OH is 1. The Labute approximate surface area is 102 Å². The number of anilines is 1. The van der Waals surface area contributed by atoms with Gasteiger partial charge in [0, 0.05) is 25.6 Å². The van der Waals surface area contributed by atoms with Crippen LogP contribution in [0.1, 0.15) is 12.0 Å². The van der Waals surface area contributed by atoms with Crippen LogP contribution in [0.2, 0.25) is 0 Å². The maximum Gasteiger partial charge on any atom is 0.421 e. The van der Waals surface area contributed by atoms with Gasteiger partial charge in [-0.3, -0.25) is 0 Å². The normalized spacial score (nSPS) is 20.4. The molecule has 1 atom stereocenters. The van der Waals surface area contributed by atoms with Crippen LogP contribution in [0.25, 0.3) is 0 Å². The first kappa shape index (κ1) is 13.0. The summed E-state index contributed by atoms with van der Waals surface area (Å²) in [6.45, 7) is 0.803. The molecular weight excluding hydrogens is 247 g/mol. The molecule has 1 heterocycles. The van der Waals surface area contributed by atoms with E-state index < -0.39 is 17.5 Å². The van der Waals surface area contributed by atoms with E-state index in [1.165, 1.54) is 12.1 Å². The smallest absolute Gasteiger partial charge is 0.421 e. The number of rotatable bonds is 2. The van der Waals surface area contributed by atoms with E-state index in [4.69, 9.17) is 5.11 Å². The number of halogens is 3. The molecule has 1 aromatic rings. The molecule has 1 unspecified atom stereocenters. The molecule has 2 rings (SSSR count). The van der Waals surface area contributed by atoms with E-state index in [2.05, 4.69) is 0 Å². The molecule has 6 heteroatoms. The van der Waals surface area contributed by atoms with Gasteiger partial charge in [-0.25, -0.2) is 0 Å². The summed E-state index contributed by atoms with van der Waals surface area (Å²) < 4.78 is 38.7. The zero-order valence-electron chi connectivity index (χ0n) is 9.61. The highest BCUT2D eigenvalue weighted by Crippen LogP contribution is 2.43. The Bertz CT molecular complexity index is 434. The number of hydrogen-bond donors (Lipinski definition) is 2. The molecular formula is C12H14F3NO2. The van der Waals surface area contributed by atoms with Gasteiger partial charge < -0.3 is 15.1 Å². The van der Waals surface area contributed by atoms with E-state index in [1.54, 1.807) is 4.90 Å². The standard InChI is InChI=1S/C12H14F3NO2/c13-12(14,15)11-9(2-1-3-10(11)18)16-5-4-8(6-16)7-17/h1-3,8,17-18H,4-7H2. The second-order valence-corrected chi connectivity index (χ2v) is 4.45. The Morgan fingerprint density at radius 3 is 2.61 bits per heavy atom. The van der Waals surface area contributed by atoms with E-state index in [0.717, 1.165) is 6.07 Å². The average molecular weight is 261 g/mol. The summed E-state index contributed by atoms with van der Waals surface area (Å²) in [4.78, 5) is 1.56. The molecule has 0 aromatic heterocycles. The molecule has 0 bridgehead atoms. The first-order valence-corrected chi connectivity index (χ1v) is 5.68. The molecule has 100 valence electrons. The van der Waals surface area contributed by atoms with Crippen LogP contribution < -0.4 is 4.90 Å². The van der Waals surface area contributed by atoms with Crippen molar-refractivity contribution in [1.29, 1.82) is 0 Å². The zero-order chi connectivity index (χ0) is 13.3. The molecule has 1 aliphatic rings. The summed E-state index contributed by atoms with van der Waals surface area (Å²) in [5, 5.41) is 18.4. The van der Waals surface area contributed by atoms with Crippen molar-refractivity contribution in [2.45, 2.75) is 12.6 Å². The molecule has 0 amide bonds. The third kappa shape index (κ3) is 2.38. The molecule has 0 saturated carbocycles. The van der Waals surface area contributed by atoms with Crippen LogP contribution in [0.15, 0.2) is 18.2 Å². The largest absolute Gasteiger partial charge is 0.507 e. The maximum atomic E-state index is 12.9. The lowest BCUT2D eigenvalue weighted by molar-refractivity contribution is -0.138. The molecule has 1 aliphatic heterocycles. The third-order valence-electron chi connectivity index (χ3n) is 3.19. The molecule has 0 aliphatic carbocycles. The molecule has 1 aromatic carbocycles. The fourth-order valence-corrected chi connectivity index (χ4v) is 2.28. The monoisotopic (exact) mass is 261 g/mol. The van der Waals surface area contributed by atoms with Crippen molar-refractivity contribution in [2.75, 3.05) is 24.6 Å². The lowest BCUT2D eigenvalue weighted by atomic mass is 10.1. The minimum absolute atomic E-state index is 0.00608. The zero-order valence-corrected chi connectivity index (χ0v) is 9.61. The predicted octanol–water partition coefficient (Wildman–Crippen LogP) is 2.23. The number of phenols is 1. The van der Waals surface area contributed by atoms with Gasteiger partial charge in [-0.15, -0.1) is 0 Å². The molecule has 2 N–H and O–H groups in total.